The Balaban J connectivity index is 1.59. The molecule has 0 radical (unpaired) electrons. The molecule has 2 aromatic heterocycles. The van der Waals surface area contributed by atoms with Crippen LogP contribution in [0.4, 0.5) is 5.69 Å². The van der Waals surface area contributed by atoms with Crippen molar-refractivity contribution in [2.45, 2.75) is 17.3 Å². The molecule has 0 spiro atoms. The molecule has 4 aromatic rings. The fourth-order valence-corrected chi connectivity index (χ4v) is 3.73. The van der Waals surface area contributed by atoms with Gasteiger partial charge in [-0.3, -0.25) is 9.78 Å². The summed E-state index contributed by atoms with van der Waals surface area (Å²) < 4.78 is 0. The molecule has 2 N–H and O–H groups in total. The van der Waals surface area contributed by atoms with E-state index in [4.69, 9.17) is 4.98 Å². The highest BCUT2D eigenvalue weighted by Gasteiger charge is 2.20. The number of carbonyl (C=O) groups excluding carboxylic acids is 1. The van der Waals surface area contributed by atoms with E-state index < -0.39 is 0 Å². The summed E-state index contributed by atoms with van der Waals surface area (Å²) in [6.07, 6.45) is 3.30. The Labute approximate surface area is 173 Å². The van der Waals surface area contributed by atoms with Gasteiger partial charge in [-0.25, -0.2) is 4.98 Å². The summed E-state index contributed by atoms with van der Waals surface area (Å²) >= 11 is 1.40. The van der Waals surface area contributed by atoms with Gasteiger partial charge in [0.1, 0.15) is 0 Å². The van der Waals surface area contributed by atoms with Crippen molar-refractivity contribution in [2.75, 3.05) is 5.32 Å². The quantitative estimate of drug-likeness (QED) is 0.433. The number of hydrogen-bond acceptors (Lipinski definition) is 4. The molecule has 0 fully saturated rings. The fraction of sp³-hybridized carbons (Fsp3) is 0.0870. The second-order valence-corrected chi connectivity index (χ2v) is 7.81. The van der Waals surface area contributed by atoms with Crippen LogP contribution >= 0.6 is 11.8 Å². The highest BCUT2D eigenvalue weighted by Crippen LogP contribution is 2.33. The maximum atomic E-state index is 12.6. The number of amides is 1. The summed E-state index contributed by atoms with van der Waals surface area (Å²) in [6.45, 7) is 1.87. The number of aromatic nitrogens is 3. The van der Waals surface area contributed by atoms with E-state index in [-0.39, 0.29) is 11.2 Å². The summed E-state index contributed by atoms with van der Waals surface area (Å²) in [6, 6.07) is 23.7. The Hall–Kier alpha value is -3.38. The molecule has 1 amide bonds. The van der Waals surface area contributed by atoms with Crippen LogP contribution in [-0.2, 0) is 4.79 Å². The number of rotatable bonds is 6. The van der Waals surface area contributed by atoms with Crippen molar-refractivity contribution in [3.63, 3.8) is 0 Å². The molecular formula is C23H20N4OS. The van der Waals surface area contributed by atoms with Crippen LogP contribution in [0.5, 0.6) is 0 Å². The van der Waals surface area contributed by atoms with E-state index in [1.165, 1.54) is 11.8 Å². The second kappa shape index (κ2) is 8.75. The number of nitrogens with zero attached hydrogens (tertiary/aromatic N) is 2. The lowest BCUT2D eigenvalue weighted by molar-refractivity contribution is -0.115. The lowest BCUT2D eigenvalue weighted by Crippen LogP contribution is -2.22. The number of aromatic amines is 1. The molecular weight excluding hydrogens is 380 g/mol. The zero-order chi connectivity index (χ0) is 20.1. The highest BCUT2D eigenvalue weighted by molar-refractivity contribution is 8.00. The predicted octanol–water partition coefficient (Wildman–Crippen LogP) is 5.26. The van der Waals surface area contributed by atoms with E-state index in [0.717, 1.165) is 28.2 Å². The van der Waals surface area contributed by atoms with Gasteiger partial charge in [-0.1, -0.05) is 72.4 Å². The third kappa shape index (κ3) is 4.55. The number of carbonyl (C=O) groups is 1. The molecule has 6 heteroatoms. The normalized spacial score (nSPS) is 11.8. The van der Waals surface area contributed by atoms with E-state index >= 15 is 0 Å². The van der Waals surface area contributed by atoms with Crippen molar-refractivity contribution in [1.82, 2.24) is 15.0 Å². The van der Waals surface area contributed by atoms with Gasteiger partial charge in [-0.2, -0.15) is 0 Å². The Kier molecular flexibility index (Phi) is 5.72. The Morgan fingerprint density at radius 3 is 2.21 bits per heavy atom. The average Bonchev–Trinajstić information content (AvgIpc) is 3.19. The maximum Gasteiger partial charge on any atom is 0.237 e. The first kappa shape index (κ1) is 19.0. The molecule has 144 valence electrons. The van der Waals surface area contributed by atoms with E-state index in [9.17, 15) is 4.79 Å². The van der Waals surface area contributed by atoms with E-state index in [1.807, 2.05) is 67.6 Å². The van der Waals surface area contributed by atoms with Crippen LogP contribution < -0.4 is 5.32 Å². The lowest BCUT2D eigenvalue weighted by Gasteiger charge is -2.10. The third-order valence-corrected chi connectivity index (χ3v) is 5.38. The van der Waals surface area contributed by atoms with E-state index in [0.29, 0.717) is 5.16 Å². The van der Waals surface area contributed by atoms with Crippen LogP contribution in [0.3, 0.4) is 0 Å². The molecule has 29 heavy (non-hydrogen) atoms. The highest BCUT2D eigenvalue weighted by atomic mass is 32.2. The fourth-order valence-electron chi connectivity index (χ4n) is 2.93. The van der Waals surface area contributed by atoms with Crippen molar-refractivity contribution in [2.24, 2.45) is 0 Å². The Morgan fingerprint density at radius 1 is 0.931 bits per heavy atom. The molecule has 4 rings (SSSR count). The number of nitrogens with one attached hydrogen (secondary N) is 2. The zero-order valence-electron chi connectivity index (χ0n) is 15.9. The van der Waals surface area contributed by atoms with Gasteiger partial charge >= 0.3 is 0 Å². The van der Waals surface area contributed by atoms with Gasteiger partial charge in [-0.15, -0.1) is 0 Å². The summed E-state index contributed by atoms with van der Waals surface area (Å²) in [5.41, 5.74) is 4.64. The molecule has 2 aromatic carbocycles. The van der Waals surface area contributed by atoms with Gasteiger partial charge < -0.3 is 10.3 Å². The first-order valence-corrected chi connectivity index (χ1v) is 10.2. The van der Waals surface area contributed by atoms with Crippen LogP contribution in [0.2, 0.25) is 0 Å². The molecule has 0 saturated heterocycles. The summed E-state index contributed by atoms with van der Waals surface area (Å²) in [5, 5.41) is 3.30. The number of H-pyrrole nitrogens is 1. The van der Waals surface area contributed by atoms with Gasteiger partial charge in [0.25, 0.3) is 0 Å². The van der Waals surface area contributed by atoms with Crippen molar-refractivity contribution in [3.8, 4) is 22.5 Å². The average molecular weight is 401 g/mol. The molecule has 0 aliphatic heterocycles. The molecule has 0 saturated carbocycles. The molecule has 5 nitrogen and oxygen atoms in total. The Morgan fingerprint density at radius 2 is 1.55 bits per heavy atom. The third-order valence-electron chi connectivity index (χ3n) is 4.40. The zero-order valence-corrected chi connectivity index (χ0v) is 16.7. The Bertz CT molecular complexity index is 1020. The number of benzene rings is 2. The minimum Gasteiger partial charge on any atom is -0.332 e. The van der Waals surface area contributed by atoms with Crippen molar-refractivity contribution < 1.29 is 4.79 Å². The topological polar surface area (TPSA) is 70.7 Å². The maximum absolute atomic E-state index is 12.6. The van der Waals surface area contributed by atoms with Crippen LogP contribution in [0.15, 0.2) is 90.3 Å². The first-order valence-electron chi connectivity index (χ1n) is 9.29. The van der Waals surface area contributed by atoms with Gasteiger partial charge in [0.2, 0.25) is 5.91 Å². The van der Waals surface area contributed by atoms with Gasteiger partial charge in [0.15, 0.2) is 5.16 Å². The monoisotopic (exact) mass is 400 g/mol. The van der Waals surface area contributed by atoms with Crippen LogP contribution in [0.1, 0.15) is 6.92 Å². The first-order chi connectivity index (χ1) is 14.2. The van der Waals surface area contributed by atoms with Gasteiger partial charge in [0, 0.05) is 29.2 Å². The van der Waals surface area contributed by atoms with Crippen molar-refractivity contribution >= 4 is 23.4 Å². The number of imidazole rings is 1. The molecule has 1 unspecified atom stereocenters. The van der Waals surface area contributed by atoms with Crippen molar-refractivity contribution in [1.29, 1.82) is 0 Å². The molecule has 0 aliphatic rings. The minimum absolute atomic E-state index is 0.0832. The standard InChI is InChI=1S/C23H20N4OS/c1-16(22(28)25-19-12-14-24-15-13-19)29-23-26-20(17-8-4-2-5-9-17)21(27-23)18-10-6-3-7-11-18/h2-16H,1H3,(H,26,27)(H,24,25,28). The SMILES string of the molecule is CC(Sc1nc(-c2ccccc2)c(-c2ccccc2)[nH]1)C(=O)Nc1ccncc1. The molecule has 0 aliphatic carbocycles. The predicted molar refractivity (Wildman–Crippen MR) is 118 cm³/mol. The lowest BCUT2D eigenvalue weighted by atomic mass is 10.1. The van der Waals surface area contributed by atoms with Gasteiger partial charge in [0.05, 0.1) is 16.6 Å². The second-order valence-electron chi connectivity index (χ2n) is 6.48. The largest absolute Gasteiger partial charge is 0.332 e. The number of thioether (sulfide) groups is 1. The molecule has 0 bridgehead atoms. The summed E-state index contributed by atoms with van der Waals surface area (Å²) in [5.74, 6) is -0.0832. The smallest absolute Gasteiger partial charge is 0.237 e. The minimum atomic E-state index is -0.318. The summed E-state index contributed by atoms with van der Waals surface area (Å²) in [4.78, 5) is 24.7. The van der Waals surface area contributed by atoms with Crippen molar-refractivity contribution in [3.05, 3.63) is 85.2 Å². The van der Waals surface area contributed by atoms with Crippen LogP contribution in [-0.4, -0.2) is 26.1 Å². The van der Waals surface area contributed by atoms with E-state index in [1.54, 1.807) is 24.5 Å². The molecule has 2 heterocycles. The van der Waals surface area contributed by atoms with Crippen LogP contribution in [0, 0.1) is 0 Å². The van der Waals surface area contributed by atoms with E-state index in [2.05, 4.69) is 15.3 Å². The molecule has 1 atom stereocenters. The summed E-state index contributed by atoms with van der Waals surface area (Å²) in [7, 11) is 0. The number of pyridine rings is 1. The number of hydrogen-bond donors (Lipinski definition) is 2. The van der Waals surface area contributed by atoms with Crippen LogP contribution in [0.25, 0.3) is 22.5 Å². The van der Waals surface area contributed by atoms with Gasteiger partial charge in [-0.05, 0) is 19.1 Å². The number of anilines is 1.